The van der Waals surface area contributed by atoms with Crippen LogP contribution < -0.4 is 4.90 Å². The number of anilines is 1. The second kappa shape index (κ2) is 4.57. The number of aromatic nitrogens is 3. The fourth-order valence-electron chi connectivity index (χ4n) is 2.66. The molecule has 18 heavy (non-hydrogen) atoms. The van der Waals surface area contributed by atoms with Crippen molar-refractivity contribution in [2.75, 3.05) is 32.1 Å². The van der Waals surface area contributed by atoms with Gasteiger partial charge in [-0.3, -0.25) is 0 Å². The smallest absolute Gasteiger partial charge is 0.180 e. The van der Waals surface area contributed by atoms with Crippen LogP contribution in [0.3, 0.4) is 0 Å². The highest BCUT2D eigenvalue weighted by molar-refractivity contribution is 5.64. The molecule has 3 heterocycles. The van der Waals surface area contributed by atoms with Crippen LogP contribution in [-0.2, 0) is 0 Å². The van der Waals surface area contributed by atoms with E-state index in [0.717, 1.165) is 24.6 Å². The predicted octanol–water partition coefficient (Wildman–Crippen LogP) is 1.26. The third kappa shape index (κ3) is 1.95. The van der Waals surface area contributed by atoms with Crippen molar-refractivity contribution in [3.05, 3.63) is 24.8 Å². The summed E-state index contributed by atoms with van der Waals surface area (Å²) in [4.78, 5) is 13.6. The summed E-state index contributed by atoms with van der Waals surface area (Å²) < 4.78 is 2.03. The summed E-state index contributed by atoms with van der Waals surface area (Å²) in [7, 11) is 4.32. The number of piperidine rings is 1. The molecule has 0 unspecified atom stereocenters. The number of nitrogens with zero attached hydrogens (tertiary/aromatic N) is 5. The van der Waals surface area contributed by atoms with Crippen molar-refractivity contribution in [2.24, 2.45) is 0 Å². The van der Waals surface area contributed by atoms with Gasteiger partial charge in [0.15, 0.2) is 11.5 Å². The molecule has 0 amide bonds. The van der Waals surface area contributed by atoms with E-state index in [0.29, 0.717) is 6.04 Å². The van der Waals surface area contributed by atoms with Crippen LogP contribution >= 0.6 is 0 Å². The van der Waals surface area contributed by atoms with Crippen LogP contribution in [0.15, 0.2) is 24.8 Å². The van der Waals surface area contributed by atoms with Crippen molar-refractivity contribution >= 4 is 11.5 Å². The van der Waals surface area contributed by atoms with Gasteiger partial charge in [-0.1, -0.05) is 0 Å². The molecule has 1 fully saturated rings. The molecule has 5 nitrogen and oxygen atoms in total. The topological polar surface area (TPSA) is 36.7 Å². The van der Waals surface area contributed by atoms with Crippen molar-refractivity contribution in [2.45, 2.75) is 18.9 Å². The first-order valence-electron chi connectivity index (χ1n) is 6.45. The van der Waals surface area contributed by atoms with Gasteiger partial charge in [0.1, 0.15) is 0 Å². The van der Waals surface area contributed by atoms with Crippen LogP contribution in [-0.4, -0.2) is 52.5 Å². The molecule has 1 saturated heterocycles. The van der Waals surface area contributed by atoms with Crippen LogP contribution in [0, 0.1) is 0 Å². The van der Waals surface area contributed by atoms with Crippen LogP contribution in [0.5, 0.6) is 0 Å². The highest BCUT2D eigenvalue weighted by atomic mass is 15.2. The zero-order valence-electron chi connectivity index (χ0n) is 11.0. The van der Waals surface area contributed by atoms with Gasteiger partial charge in [0, 0.05) is 43.9 Å². The molecule has 2 aromatic heterocycles. The lowest BCUT2D eigenvalue weighted by molar-refractivity contribution is 0.249. The summed E-state index contributed by atoms with van der Waals surface area (Å²) in [6.07, 6.45) is 9.97. The van der Waals surface area contributed by atoms with Crippen molar-refractivity contribution in [1.82, 2.24) is 19.3 Å². The van der Waals surface area contributed by atoms with Gasteiger partial charge in [-0.25, -0.2) is 9.97 Å². The van der Waals surface area contributed by atoms with Crippen LogP contribution in [0.25, 0.3) is 5.65 Å². The molecule has 96 valence electrons. The van der Waals surface area contributed by atoms with Gasteiger partial charge in [-0.2, -0.15) is 0 Å². The fraction of sp³-hybridized carbons (Fsp3) is 0.538. The maximum absolute atomic E-state index is 4.50. The van der Waals surface area contributed by atoms with E-state index in [4.69, 9.17) is 0 Å². The number of rotatable bonds is 2. The standard InChI is InChI=1S/C13H19N5/c1-16(2)11-3-7-17(8-4-11)12-13-15-6-10-18(13)9-5-14-12/h5-6,9-11H,3-4,7-8H2,1-2H3. The second-order valence-corrected chi connectivity index (χ2v) is 5.09. The molecule has 0 bridgehead atoms. The minimum atomic E-state index is 0.695. The van der Waals surface area contributed by atoms with Crippen LogP contribution in [0.2, 0.25) is 0 Å². The van der Waals surface area contributed by atoms with E-state index >= 15 is 0 Å². The van der Waals surface area contributed by atoms with E-state index in [1.807, 2.05) is 29.2 Å². The average molecular weight is 245 g/mol. The minimum absolute atomic E-state index is 0.695. The Hall–Kier alpha value is -1.62. The number of fused-ring (bicyclic) bond motifs is 1. The van der Waals surface area contributed by atoms with E-state index in [-0.39, 0.29) is 0 Å². The average Bonchev–Trinajstić information content (AvgIpc) is 2.87. The van der Waals surface area contributed by atoms with Gasteiger partial charge in [0.25, 0.3) is 0 Å². The molecule has 0 atom stereocenters. The molecule has 0 spiro atoms. The van der Waals surface area contributed by atoms with E-state index in [1.165, 1.54) is 12.8 Å². The maximum atomic E-state index is 4.50. The van der Waals surface area contributed by atoms with Crippen molar-refractivity contribution in [1.29, 1.82) is 0 Å². The molecule has 0 aromatic carbocycles. The Morgan fingerprint density at radius 3 is 2.44 bits per heavy atom. The molecule has 0 radical (unpaired) electrons. The van der Waals surface area contributed by atoms with Gasteiger partial charge in [-0.15, -0.1) is 0 Å². The Labute approximate surface area is 107 Å². The van der Waals surface area contributed by atoms with Gasteiger partial charge in [0.2, 0.25) is 0 Å². The Balaban J connectivity index is 1.82. The summed E-state index contributed by atoms with van der Waals surface area (Å²) >= 11 is 0. The zero-order valence-corrected chi connectivity index (χ0v) is 11.0. The lowest BCUT2D eigenvalue weighted by atomic mass is 10.0. The molecule has 3 rings (SSSR count). The normalized spacial score (nSPS) is 17.8. The predicted molar refractivity (Wildman–Crippen MR) is 71.9 cm³/mol. The Morgan fingerprint density at radius 1 is 1.11 bits per heavy atom. The zero-order chi connectivity index (χ0) is 12.5. The van der Waals surface area contributed by atoms with Gasteiger partial charge in [-0.05, 0) is 26.9 Å². The largest absolute Gasteiger partial charge is 0.353 e. The molecule has 0 saturated carbocycles. The molecule has 5 heteroatoms. The maximum Gasteiger partial charge on any atom is 0.180 e. The number of imidazole rings is 1. The first-order valence-corrected chi connectivity index (χ1v) is 6.45. The van der Waals surface area contributed by atoms with E-state index in [1.54, 1.807) is 0 Å². The summed E-state index contributed by atoms with van der Waals surface area (Å²) in [5.74, 6) is 1.01. The summed E-state index contributed by atoms with van der Waals surface area (Å²) in [6.45, 7) is 2.12. The van der Waals surface area contributed by atoms with Gasteiger partial charge in [0.05, 0.1) is 0 Å². The Bertz CT molecular complexity index is 525. The molecule has 2 aromatic rings. The van der Waals surface area contributed by atoms with Crippen LogP contribution in [0.4, 0.5) is 5.82 Å². The Kier molecular flexibility index (Phi) is 2.91. The van der Waals surface area contributed by atoms with E-state index in [2.05, 4.69) is 33.9 Å². The molecule has 0 aliphatic carbocycles. The van der Waals surface area contributed by atoms with Crippen molar-refractivity contribution < 1.29 is 0 Å². The number of hydrogen-bond acceptors (Lipinski definition) is 4. The molecular formula is C13H19N5. The molecule has 0 N–H and O–H groups in total. The van der Waals surface area contributed by atoms with Crippen molar-refractivity contribution in [3.63, 3.8) is 0 Å². The molecule has 1 aliphatic heterocycles. The quantitative estimate of drug-likeness (QED) is 0.798. The number of hydrogen-bond donors (Lipinski definition) is 0. The Morgan fingerprint density at radius 2 is 1.78 bits per heavy atom. The van der Waals surface area contributed by atoms with Crippen molar-refractivity contribution in [3.8, 4) is 0 Å². The van der Waals surface area contributed by atoms with Gasteiger partial charge >= 0.3 is 0 Å². The first-order chi connectivity index (χ1) is 8.75. The lowest BCUT2D eigenvalue weighted by Gasteiger charge is -2.35. The monoisotopic (exact) mass is 245 g/mol. The van der Waals surface area contributed by atoms with Crippen LogP contribution in [0.1, 0.15) is 12.8 Å². The SMILES string of the molecule is CN(C)C1CCN(c2nccn3ccnc23)CC1. The third-order valence-corrected chi connectivity index (χ3v) is 3.79. The second-order valence-electron chi connectivity index (χ2n) is 5.09. The van der Waals surface area contributed by atoms with E-state index < -0.39 is 0 Å². The van der Waals surface area contributed by atoms with E-state index in [9.17, 15) is 0 Å². The summed E-state index contributed by atoms with van der Waals surface area (Å²) in [6, 6.07) is 0.695. The fourth-order valence-corrected chi connectivity index (χ4v) is 2.66. The molecule has 1 aliphatic rings. The highest BCUT2D eigenvalue weighted by Gasteiger charge is 2.22. The minimum Gasteiger partial charge on any atom is -0.353 e. The summed E-state index contributed by atoms with van der Waals surface area (Å²) in [5.41, 5.74) is 0.959. The highest BCUT2D eigenvalue weighted by Crippen LogP contribution is 2.22. The van der Waals surface area contributed by atoms with Gasteiger partial charge < -0.3 is 14.2 Å². The molecular weight excluding hydrogens is 226 g/mol. The first kappa shape index (κ1) is 11.5. The third-order valence-electron chi connectivity index (χ3n) is 3.79. The summed E-state index contributed by atoms with van der Waals surface area (Å²) in [5, 5.41) is 0. The lowest BCUT2D eigenvalue weighted by Crippen LogP contribution is -2.42.